The number of ether oxygens (including phenoxy) is 1. The first-order valence-electron chi connectivity index (χ1n) is 3.46. The molecule has 0 aromatic heterocycles. The standard InChI is InChI=1S/C6H12O3S/c1-2-3-9-6-4-10(7,8)5-6/h6H,2-5H2,1H3. The lowest BCUT2D eigenvalue weighted by Gasteiger charge is -2.25. The molecule has 0 N–H and O–H groups in total. The summed E-state index contributed by atoms with van der Waals surface area (Å²) in [6, 6.07) is 0. The lowest BCUT2D eigenvalue weighted by Crippen LogP contribution is -2.43. The summed E-state index contributed by atoms with van der Waals surface area (Å²) in [6.07, 6.45) is 0.946. The van der Waals surface area contributed by atoms with Crippen LogP contribution in [0.2, 0.25) is 0 Å². The van der Waals surface area contributed by atoms with Crippen LogP contribution in [-0.2, 0) is 14.6 Å². The highest BCUT2D eigenvalue weighted by Crippen LogP contribution is 2.13. The fraction of sp³-hybridized carbons (Fsp3) is 1.00. The predicted octanol–water partition coefficient (Wildman–Crippen LogP) is 0.210. The topological polar surface area (TPSA) is 43.4 Å². The Labute approximate surface area is 61.3 Å². The Kier molecular flexibility index (Phi) is 2.31. The van der Waals surface area contributed by atoms with Crippen LogP contribution in [0.25, 0.3) is 0 Å². The third-order valence-corrected chi connectivity index (χ3v) is 3.20. The first kappa shape index (κ1) is 8.01. The third kappa shape index (κ3) is 1.95. The molecule has 3 nitrogen and oxygen atoms in total. The second-order valence-corrected chi connectivity index (χ2v) is 4.72. The van der Waals surface area contributed by atoms with Crippen LogP contribution in [0.4, 0.5) is 0 Å². The van der Waals surface area contributed by atoms with Crippen molar-refractivity contribution in [1.82, 2.24) is 0 Å². The molecular formula is C6H12O3S. The van der Waals surface area contributed by atoms with Gasteiger partial charge < -0.3 is 4.74 Å². The van der Waals surface area contributed by atoms with Gasteiger partial charge in [-0.3, -0.25) is 0 Å². The minimum Gasteiger partial charge on any atom is -0.376 e. The van der Waals surface area contributed by atoms with Gasteiger partial charge in [-0.05, 0) is 6.42 Å². The molecule has 1 aliphatic heterocycles. The van der Waals surface area contributed by atoms with Crippen molar-refractivity contribution in [2.45, 2.75) is 19.4 Å². The molecule has 1 fully saturated rings. The number of sulfone groups is 1. The number of hydrogen-bond donors (Lipinski definition) is 0. The minimum atomic E-state index is -2.69. The summed E-state index contributed by atoms with van der Waals surface area (Å²) in [5.74, 6) is 0.458. The Bertz CT molecular complexity index is 183. The molecule has 0 bridgehead atoms. The van der Waals surface area contributed by atoms with Gasteiger partial charge in [0.25, 0.3) is 0 Å². The minimum absolute atomic E-state index is 0.00931. The van der Waals surface area contributed by atoms with Gasteiger partial charge in [-0.2, -0.15) is 0 Å². The quantitative estimate of drug-likeness (QED) is 0.599. The van der Waals surface area contributed by atoms with Crippen LogP contribution in [0.3, 0.4) is 0 Å². The van der Waals surface area contributed by atoms with Gasteiger partial charge in [0.15, 0.2) is 9.84 Å². The van der Waals surface area contributed by atoms with E-state index in [0.29, 0.717) is 6.61 Å². The number of hydrogen-bond acceptors (Lipinski definition) is 3. The van der Waals surface area contributed by atoms with E-state index in [9.17, 15) is 8.42 Å². The van der Waals surface area contributed by atoms with E-state index >= 15 is 0 Å². The third-order valence-electron chi connectivity index (χ3n) is 1.44. The van der Waals surface area contributed by atoms with Crippen molar-refractivity contribution < 1.29 is 13.2 Å². The molecule has 1 saturated heterocycles. The molecule has 0 aromatic rings. The van der Waals surface area contributed by atoms with E-state index in [-0.39, 0.29) is 17.6 Å². The van der Waals surface area contributed by atoms with Gasteiger partial charge in [-0.1, -0.05) is 6.92 Å². The fourth-order valence-corrected chi connectivity index (χ4v) is 2.13. The summed E-state index contributed by atoms with van der Waals surface area (Å²) in [5.41, 5.74) is 0. The average molecular weight is 164 g/mol. The average Bonchev–Trinajstić information content (AvgIpc) is 1.78. The van der Waals surface area contributed by atoms with Crippen LogP contribution >= 0.6 is 0 Å². The Morgan fingerprint density at radius 2 is 2.10 bits per heavy atom. The summed E-state index contributed by atoms with van der Waals surface area (Å²) in [5, 5.41) is 0. The van der Waals surface area contributed by atoms with Gasteiger partial charge in [0, 0.05) is 6.61 Å². The van der Waals surface area contributed by atoms with Crippen LogP contribution in [0.1, 0.15) is 13.3 Å². The fourth-order valence-electron chi connectivity index (χ4n) is 0.898. The molecule has 1 aliphatic rings. The van der Waals surface area contributed by atoms with Crippen molar-refractivity contribution in [3.63, 3.8) is 0 Å². The van der Waals surface area contributed by atoms with Crippen molar-refractivity contribution in [2.24, 2.45) is 0 Å². The maximum Gasteiger partial charge on any atom is 0.155 e. The van der Waals surface area contributed by atoms with Gasteiger partial charge in [-0.25, -0.2) is 8.42 Å². The molecule has 60 valence electrons. The van der Waals surface area contributed by atoms with E-state index in [1.165, 1.54) is 0 Å². The van der Waals surface area contributed by atoms with Gasteiger partial charge in [-0.15, -0.1) is 0 Å². The van der Waals surface area contributed by atoms with Crippen LogP contribution in [-0.4, -0.2) is 32.6 Å². The highest BCUT2D eigenvalue weighted by Gasteiger charge is 2.33. The van der Waals surface area contributed by atoms with E-state index in [1.807, 2.05) is 6.92 Å². The van der Waals surface area contributed by atoms with Gasteiger partial charge >= 0.3 is 0 Å². The molecule has 0 unspecified atom stereocenters. The molecule has 1 rings (SSSR count). The predicted molar refractivity (Wildman–Crippen MR) is 38.7 cm³/mol. The molecule has 1 heterocycles. The van der Waals surface area contributed by atoms with Crippen LogP contribution in [0.5, 0.6) is 0 Å². The van der Waals surface area contributed by atoms with Gasteiger partial charge in [0.2, 0.25) is 0 Å². The summed E-state index contributed by atoms with van der Waals surface area (Å²) in [7, 11) is -2.69. The van der Waals surface area contributed by atoms with Gasteiger partial charge in [0.1, 0.15) is 0 Å². The molecule has 0 amide bonds. The zero-order chi connectivity index (χ0) is 7.61. The molecule has 0 spiro atoms. The highest BCUT2D eigenvalue weighted by atomic mass is 32.2. The van der Waals surface area contributed by atoms with Crippen LogP contribution in [0, 0.1) is 0 Å². The lowest BCUT2D eigenvalue weighted by atomic mass is 10.4. The van der Waals surface area contributed by atoms with E-state index in [2.05, 4.69) is 0 Å². The molecule has 0 radical (unpaired) electrons. The normalized spacial score (nSPS) is 24.1. The summed E-state index contributed by atoms with van der Waals surface area (Å²) in [6.45, 7) is 2.69. The summed E-state index contributed by atoms with van der Waals surface area (Å²) in [4.78, 5) is 0. The molecule has 0 atom stereocenters. The molecule has 0 aromatic carbocycles. The summed E-state index contributed by atoms with van der Waals surface area (Å²) >= 11 is 0. The molecular weight excluding hydrogens is 152 g/mol. The van der Waals surface area contributed by atoms with E-state index in [4.69, 9.17) is 4.74 Å². The highest BCUT2D eigenvalue weighted by molar-refractivity contribution is 7.92. The molecule has 0 aliphatic carbocycles. The summed E-state index contributed by atoms with van der Waals surface area (Å²) < 4.78 is 26.3. The molecule has 4 heteroatoms. The molecule has 0 saturated carbocycles. The first-order valence-corrected chi connectivity index (χ1v) is 5.28. The zero-order valence-corrected chi connectivity index (χ0v) is 6.86. The maximum atomic E-state index is 10.6. The van der Waals surface area contributed by atoms with E-state index in [0.717, 1.165) is 6.42 Å². The smallest absolute Gasteiger partial charge is 0.155 e. The number of rotatable bonds is 3. The zero-order valence-electron chi connectivity index (χ0n) is 6.04. The van der Waals surface area contributed by atoms with Crippen molar-refractivity contribution in [2.75, 3.05) is 18.1 Å². The Morgan fingerprint density at radius 1 is 1.50 bits per heavy atom. The largest absolute Gasteiger partial charge is 0.376 e. The van der Waals surface area contributed by atoms with Crippen molar-refractivity contribution >= 4 is 9.84 Å². The Morgan fingerprint density at radius 3 is 2.50 bits per heavy atom. The van der Waals surface area contributed by atoms with Crippen molar-refractivity contribution in [3.8, 4) is 0 Å². The Balaban J connectivity index is 2.15. The monoisotopic (exact) mass is 164 g/mol. The van der Waals surface area contributed by atoms with E-state index in [1.54, 1.807) is 0 Å². The second kappa shape index (κ2) is 2.88. The van der Waals surface area contributed by atoms with Crippen molar-refractivity contribution in [1.29, 1.82) is 0 Å². The lowest BCUT2D eigenvalue weighted by molar-refractivity contribution is 0.0738. The van der Waals surface area contributed by atoms with Crippen LogP contribution < -0.4 is 0 Å². The van der Waals surface area contributed by atoms with Crippen molar-refractivity contribution in [3.05, 3.63) is 0 Å². The van der Waals surface area contributed by atoms with E-state index < -0.39 is 9.84 Å². The Hall–Kier alpha value is -0.0900. The molecule has 10 heavy (non-hydrogen) atoms. The second-order valence-electron chi connectivity index (χ2n) is 2.57. The SMILES string of the molecule is CCCOC1CS(=O)(=O)C1. The van der Waals surface area contributed by atoms with Crippen LogP contribution in [0.15, 0.2) is 0 Å². The maximum absolute atomic E-state index is 10.6. The first-order chi connectivity index (χ1) is 4.64. The van der Waals surface area contributed by atoms with Gasteiger partial charge in [0.05, 0.1) is 17.6 Å².